The van der Waals surface area contributed by atoms with Crippen molar-refractivity contribution in [2.45, 2.75) is 6.54 Å². The van der Waals surface area contributed by atoms with Gasteiger partial charge in [-0.1, -0.05) is 30.3 Å². The zero-order valence-corrected chi connectivity index (χ0v) is 17.3. The number of halogens is 1. The lowest BCUT2D eigenvalue weighted by Gasteiger charge is -2.25. The standard InChI is InChI=1S/C24H20FN7/c1-31(16-26)23(27)32(15-17-5-3-2-4-6-17)24-29-21(18-7-9-20(25)10-8-18)22(30-24)19-11-13-28-14-12-19/h2-14,27H,15H2,1H3,(H,29,30). The van der Waals surface area contributed by atoms with Crippen molar-refractivity contribution in [2.24, 2.45) is 0 Å². The summed E-state index contributed by atoms with van der Waals surface area (Å²) in [6.45, 7) is 0.331. The van der Waals surface area contributed by atoms with E-state index in [2.05, 4.69) is 9.97 Å². The maximum Gasteiger partial charge on any atom is 0.214 e. The lowest BCUT2D eigenvalue weighted by atomic mass is 10.1. The van der Waals surface area contributed by atoms with Gasteiger partial charge in [0.1, 0.15) is 5.82 Å². The molecule has 7 nitrogen and oxygen atoms in total. The molecule has 32 heavy (non-hydrogen) atoms. The smallest absolute Gasteiger partial charge is 0.214 e. The van der Waals surface area contributed by atoms with E-state index in [1.807, 2.05) is 48.7 Å². The average Bonchev–Trinajstić information content (AvgIpc) is 3.28. The number of imidazole rings is 1. The molecule has 0 amide bonds. The Bertz CT molecular complexity index is 1250. The van der Waals surface area contributed by atoms with E-state index in [9.17, 15) is 9.65 Å². The molecule has 0 bridgehead atoms. The Hall–Kier alpha value is -4.51. The van der Waals surface area contributed by atoms with E-state index in [1.165, 1.54) is 19.2 Å². The first kappa shape index (κ1) is 20.8. The number of hydrogen-bond acceptors (Lipinski definition) is 4. The van der Waals surface area contributed by atoms with Crippen LogP contribution in [-0.2, 0) is 6.54 Å². The molecule has 158 valence electrons. The summed E-state index contributed by atoms with van der Waals surface area (Å²) in [5.74, 6) is 0.0298. The van der Waals surface area contributed by atoms with Crippen LogP contribution in [0.5, 0.6) is 0 Å². The van der Waals surface area contributed by atoms with Gasteiger partial charge in [0.05, 0.1) is 17.9 Å². The van der Waals surface area contributed by atoms with Crippen molar-refractivity contribution in [1.29, 1.82) is 10.7 Å². The second kappa shape index (κ2) is 9.10. The lowest BCUT2D eigenvalue weighted by molar-refractivity contribution is 0.628. The van der Waals surface area contributed by atoms with Gasteiger partial charge < -0.3 is 4.98 Å². The first-order chi connectivity index (χ1) is 15.6. The molecule has 0 radical (unpaired) electrons. The maximum absolute atomic E-state index is 13.5. The monoisotopic (exact) mass is 425 g/mol. The normalized spacial score (nSPS) is 10.4. The van der Waals surface area contributed by atoms with Crippen LogP contribution in [0.3, 0.4) is 0 Å². The number of H-pyrrole nitrogens is 1. The van der Waals surface area contributed by atoms with Crippen LogP contribution in [0.25, 0.3) is 22.5 Å². The molecule has 4 rings (SSSR count). The van der Waals surface area contributed by atoms with Gasteiger partial charge in [-0.3, -0.25) is 20.2 Å². The Kier molecular flexibility index (Phi) is 5.90. The van der Waals surface area contributed by atoms with E-state index in [0.29, 0.717) is 23.9 Å². The molecular weight excluding hydrogens is 405 g/mol. The maximum atomic E-state index is 13.5. The van der Waals surface area contributed by atoms with Gasteiger partial charge in [0, 0.05) is 30.6 Å². The number of nitrogens with one attached hydrogen (secondary N) is 2. The van der Waals surface area contributed by atoms with E-state index in [1.54, 1.807) is 29.4 Å². The molecule has 0 aliphatic rings. The Labute approximate surface area is 184 Å². The fourth-order valence-corrected chi connectivity index (χ4v) is 3.28. The number of pyridine rings is 1. The van der Waals surface area contributed by atoms with Crippen molar-refractivity contribution in [1.82, 2.24) is 19.9 Å². The van der Waals surface area contributed by atoms with Crippen LogP contribution in [0.2, 0.25) is 0 Å². The third-order valence-electron chi connectivity index (χ3n) is 4.94. The van der Waals surface area contributed by atoms with Crippen LogP contribution >= 0.6 is 0 Å². The summed E-state index contributed by atoms with van der Waals surface area (Å²) in [5.41, 5.74) is 3.84. The fraction of sp³-hybridized carbons (Fsp3) is 0.0833. The third kappa shape index (κ3) is 4.32. The number of guanidine groups is 1. The minimum absolute atomic E-state index is 0.0305. The Morgan fingerprint density at radius 3 is 2.38 bits per heavy atom. The predicted octanol–water partition coefficient (Wildman–Crippen LogP) is 4.63. The molecule has 0 aliphatic heterocycles. The molecule has 8 heteroatoms. The average molecular weight is 425 g/mol. The summed E-state index contributed by atoms with van der Waals surface area (Å²) < 4.78 is 13.5. The van der Waals surface area contributed by atoms with Crippen molar-refractivity contribution in [3.05, 3.63) is 90.5 Å². The highest BCUT2D eigenvalue weighted by Crippen LogP contribution is 2.33. The van der Waals surface area contributed by atoms with Crippen LogP contribution in [0, 0.1) is 22.7 Å². The highest BCUT2D eigenvalue weighted by atomic mass is 19.1. The van der Waals surface area contributed by atoms with E-state index in [4.69, 9.17) is 10.4 Å². The first-order valence-electron chi connectivity index (χ1n) is 9.86. The van der Waals surface area contributed by atoms with Crippen molar-refractivity contribution in [2.75, 3.05) is 11.9 Å². The minimum Gasteiger partial charge on any atom is -0.323 e. The highest BCUT2D eigenvalue weighted by Gasteiger charge is 2.23. The van der Waals surface area contributed by atoms with E-state index < -0.39 is 0 Å². The van der Waals surface area contributed by atoms with Gasteiger partial charge in [0.15, 0.2) is 6.19 Å². The number of nitriles is 1. The molecule has 0 aliphatic carbocycles. The largest absolute Gasteiger partial charge is 0.323 e. The van der Waals surface area contributed by atoms with Crippen molar-refractivity contribution in [3.8, 4) is 28.7 Å². The van der Waals surface area contributed by atoms with Crippen LogP contribution in [0.15, 0.2) is 79.1 Å². The molecule has 0 atom stereocenters. The Morgan fingerprint density at radius 1 is 1.03 bits per heavy atom. The summed E-state index contributed by atoms with van der Waals surface area (Å²) in [7, 11) is 1.52. The first-order valence-corrected chi connectivity index (χ1v) is 9.86. The molecule has 2 heterocycles. The summed E-state index contributed by atoms with van der Waals surface area (Å²) in [4.78, 5) is 14.9. The van der Waals surface area contributed by atoms with Gasteiger partial charge in [-0.15, -0.1) is 0 Å². The topological polar surface area (TPSA) is 95.7 Å². The van der Waals surface area contributed by atoms with E-state index in [0.717, 1.165) is 21.6 Å². The van der Waals surface area contributed by atoms with Gasteiger partial charge in [0.2, 0.25) is 11.9 Å². The molecular formula is C24H20FN7. The van der Waals surface area contributed by atoms with Crippen molar-refractivity contribution < 1.29 is 4.39 Å². The highest BCUT2D eigenvalue weighted by molar-refractivity contribution is 5.94. The molecule has 0 saturated heterocycles. The molecule has 2 N–H and O–H groups in total. The number of benzene rings is 2. The zero-order chi connectivity index (χ0) is 22.5. The van der Waals surface area contributed by atoms with Crippen molar-refractivity contribution >= 4 is 11.9 Å². The van der Waals surface area contributed by atoms with Crippen molar-refractivity contribution in [3.63, 3.8) is 0 Å². The fourth-order valence-electron chi connectivity index (χ4n) is 3.28. The van der Waals surface area contributed by atoms with Gasteiger partial charge in [0.25, 0.3) is 0 Å². The molecule has 2 aromatic heterocycles. The summed E-state index contributed by atoms with van der Waals surface area (Å²) in [6.07, 6.45) is 5.32. The Morgan fingerprint density at radius 2 is 1.72 bits per heavy atom. The summed E-state index contributed by atoms with van der Waals surface area (Å²) in [6, 6.07) is 19.4. The summed E-state index contributed by atoms with van der Waals surface area (Å²) in [5, 5.41) is 17.9. The zero-order valence-electron chi connectivity index (χ0n) is 17.3. The minimum atomic E-state index is -0.335. The summed E-state index contributed by atoms with van der Waals surface area (Å²) >= 11 is 0. The molecule has 4 aromatic rings. The molecule has 0 saturated carbocycles. The van der Waals surface area contributed by atoms with Gasteiger partial charge in [-0.25, -0.2) is 9.37 Å². The lowest BCUT2D eigenvalue weighted by Crippen LogP contribution is -2.40. The van der Waals surface area contributed by atoms with E-state index >= 15 is 0 Å². The molecule has 0 spiro atoms. The van der Waals surface area contributed by atoms with Crippen LogP contribution in [0.1, 0.15) is 5.56 Å². The number of aromatic nitrogens is 3. The number of aromatic amines is 1. The number of anilines is 1. The van der Waals surface area contributed by atoms with Gasteiger partial charge in [-0.2, -0.15) is 5.26 Å². The van der Waals surface area contributed by atoms with Gasteiger partial charge >= 0.3 is 0 Å². The quantitative estimate of drug-likeness (QED) is 0.210. The Balaban J connectivity index is 1.84. The molecule has 0 fully saturated rings. The van der Waals surface area contributed by atoms with Crippen LogP contribution < -0.4 is 4.90 Å². The number of nitrogens with zero attached hydrogens (tertiary/aromatic N) is 5. The molecule has 0 unspecified atom stereocenters. The predicted molar refractivity (Wildman–Crippen MR) is 121 cm³/mol. The number of hydrogen-bond donors (Lipinski definition) is 2. The third-order valence-corrected chi connectivity index (χ3v) is 4.94. The SMILES string of the molecule is CN(C#N)C(=N)N(Cc1ccccc1)c1nc(-c2ccc(F)cc2)c(-c2ccncc2)[nH]1. The van der Waals surface area contributed by atoms with Crippen LogP contribution in [-0.4, -0.2) is 32.9 Å². The van der Waals surface area contributed by atoms with Crippen LogP contribution in [0.4, 0.5) is 10.3 Å². The second-order valence-corrected chi connectivity index (χ2v) is 7.08. The molecule has 2 aromatic carbocycles. The second-order valence-electron chi connectivity index (χ2n) is 7.08. The number of rotatable bonds is 5. The van der Waals surface area contributed by atoms with E-state index in [-0.39, 0.29) is 11.8 Å². The van der Waals surface area contributed by atoms with Gasteiger partial charge in [-0.05, 0) is 42.0 Å².